The molecule has 76 valence electrons. The van der Waals surface area contributed by atoms with Crippen molar-refractivity contribution in [2.75, 3.05) is 13.2 Å². The van der Waals surface area contributed by atoms with E-state index < -0.39 is 5.60 Å². The zero-order chi connectivity index (χ0) is 10.2. The van der Waals surface area contributed by atoms with Gasteiger partial charge in [-0.3, -0.25) is 0 Å². The summed E-state index contributed by atoms with van der Waals surface area (Å²) < 4.78 is 12.1. The highest BCUT2D eigenvalue weighted by atomic mass is 16.6. The first kappa shape index (κ1) is 9.27. The number of hydrogen-bond donors (Lipinski definition) is 0. The van der Waals surface area contributed by atoms with Gasteiger partial charge in [0, 0.05) is 13.2 Å². The van der Waals surface area contributed by atoms with Gasteiger partial charge in [-0.25, -0.2) is 4.79 Å². The summed E-state index contributed by atoms with van der Waals surface area (Å²) in [7, 11) is 1.82. The number of aryl methyl sites for hydroxylation is 1. The van der Waals surface area contributed by atoms with Gasteiger partial charge in [0.05, 0.1) is 13.2 Å². The Balaban J connectivity index is 2.06. The van der Waals surface area contributed by atoms with E-state index in [-0.39, 0.29) is 5.97 Å². The number of hydrogen-bond acceptors (Lipinski definition) is 3. The monoisotopic (exact) mass is 195 g/mol. The van der Waals surface area contributed by atoms with Gasteiger partial charge >= 0.3 is 5.97 Å². The fourth-order valence-electron chi connectivity index (χ4n) is 1.40. The molecule has 1 fully saturated rings. The van der Waals surface area contributed by atoms with Crippen LogP contribution in [-0.2, 0) is 16.5 Å². The van der Waals surface area contributed by atoms with Crippen molar-refractivity contribution in [1.29, 1.82) is 0 Å². The molecule has 4 nitrogen and oxygen atoms in total. The van der Waals surface area contributed by atoms with Gasteiger partial charge in [0.15, 0.2) is 5.60 Å². The maximum Gasteiger partial charge on any atom is 0.355 e. The van der Waals surface area contributed by atoms with Crippen molar-refractivity contribution in [2.24, 2.45) is 7.05 Å². The number of nitrogens with zero attached hydrogens (tertiary/aromatic N) is 1. The highest BCUT2D eigenvalue weighted by Gasteiger charge is 2.38. The van der Waals surface area contributed by atoms with Gasteiger partial charge in [-0.05, 0) is 19.1 Å². The molecule has 2 heterocycles. The van der Waals surface area contributed by atoms with E-state index >= 15 is 0 Å². The quantitative estimate of drug-likeness (QED) is 0.660. The molecule has 0 bridgehead atoms. The van der Waals surface area contributed by atoms with Crippen LogP contribution < -0.4 is 0 Å². The topological polar surface area (TPSA) is 40.5 Å². The highest BCUT2D eigenvalue weighted by molar-refractivity contribution is 5.88. The molecular formula is C10H13NO3. The summed E-state index contributed by atoms with van der Waals surface area (Å²) in [4.78, 5) is 11.6. The molecule has 0 amide bonds. The van der Waals surface area contributed by atoms with Crippen LogP contribution in [0, 0.1) is 0 Å². The fourth-order valence-corrected chi connectivity index (χ4v) is 1.40. The molecule has 1 aliphatic heterocycles. The maximum atomic E-state index is 11.6. The smallest absolute Gasteiger partial charge is 0.355 e. The predicted octanol–water partition coefficient (Wildman–Crippen LogP) is 0.971. The van der Waals surface area contributed by atoms with E-state index in [0.29, 0.717) is 18.9 Å². The fraction of sp³-hybridized carbons (Fsp3) is 0.500. The Morgan fingerprint density at radius 2 is 2.36 bits per heavy atom. The van der Waals surface area contributed by atoms with Crippen molar-refractivity contribution in [1.82, 2.24) is 4.57 Å². The van der Waals surface area contributed by atoms with Crippen molar-refractivity contribution in [3.8, 4) is 0 Å². The van der Waals surface area contributed by atoms with Crippen molar-refractivity contribution < 1.29 is 14.3 Å². The van der Waals surface area contributed by atoms with Crippen molar-refractivity contribution in [3.05, 3.63) is 24.0 Å². The Hall–Kier alpha value is -1.29. The van der Waals surface area contributed by atoms with Crippen LogP contribution in [0.1, 0.15) is 17.4 Å². The van der Waals surface area contributed by atoms with Gasteiger partial charge < -0.3 is 14.0 Å². The lowest BCUT2D eigenvalue weighted by Gasteiger charge is -2.37. The third-order valence-electron chi connectivity index (χ3n) is 2.31. The van der Waals surface area contributed by atoms with E-state index in [1.165, 1.54) is 0 Å². The lowest BCUT2D eigenvalue weighted by Crippen LogP contribution is -2.50. The summed E-state index contributed by atoms with van der Waals surface area (Å²) >= 11 is 0. The first-order valence-electron chi connectivity index (χ1n) is 4.53. The Morgan fingerprint density at radius 3 is 2.79 bits per heavy atom. The van der Waals surface area contributed by atoms with Crippen LogP contribution in [0.25, 0.3) is 0 Å². The summed E-state index contributed by atoms with van der Waals surface area (Å²) in [5.41, 5.74) is 0.138. The SMILES string of the molecule is Cn1cccc1C(=O)OC1(C)COC1. The van der Waals surface area contributed by atoms with Crippen LogP contribution in [0.4, 0.5) is 0 Å². The van der Waals surface area contributed by atoms with Gasteiger partial charge in [-0.2, -0.15) is 0 Å². The molecule has 2 rings (SSSR count). The second kappa shape index (κ2) is 3.13. The number of carbonyl (C=O) groups excluding carboxylic acids is 1. The van der Waals surface area contributed by atoms with E-state index in [1.807, 2.05) is 26.2 Å². The molecule has 0 spiro atoms. The number of esters is 1. The molecule has 4 heteroatoms. The Labute approximate surface area is 82.4 Å². The molecule has 0 aromatic carbocycles. The molecule has 0 radical (unpaired) electrons. The molecule has 0 N–H and O–H groups in total. The summed E-state index contributed by atoms with van der Waals surface area (Å²) in [6.45, 7) is 2.85. The van der Waals surface area contributed by atoms with E-state index in [0.717, 1.165) is 0 Å². The van der Waals surface area contributed by atoms with E-state index in [9.17, 15) is 4.79 Å². The highest BCUT2D eigenvalue weighted by Crippen LogP contribution is 2.22. The van der Waals surface area contributed by atoms with Crippen molar-refractivity contribution in [3.63, 3.8) is 0 Å². The second-order valence-electron chi connectivity index (χ2n) is 3.84. The Morgan fingerprint density at radius 1 is 1.64 bits per heavy atom. The van der Waals surface area contributed by atoms with Crippen molar-refractivity contribution in [2.45, 2.75) is 12.5 Å². The van der Waals surface area contributed by atoms with Gasteiger partial charge in [-0.1, -0.05) is 0 Å². The molecular weight excluding hydrogens is 182 g/mol. The zero-order valence-electron chi connectivity index (χ0n) is 8.32. The molecule has 0 saturated carbocycles. The molecule has 0 aliphatic carbocycles. The van der Waals surface area contributed by atoms with Gasteiger partial charge in [0.2, 0.25) is 0 Å². The van der Waals surface area contributed by atoms with E-state index in [1.54, 1.807) is 10.6 Å². The second-order valence-corrected chi connectivity index (χ2v) is 3.84. The third kappa shape index (κ3) is 1.53. The van der Waals surface area contributed by atoms with Crippen LogP contribution in [0.5, 0.6) is 0 Å². The largest absolute Gasteiger partial charge is 0.450 e. The van der Waals surface area contributed by atoms with Gasteiger partial charge in [0.25, 0.3) is 0 Å². The maximum absolute atomic E-state index is 11.6. The summed E-state index contributed by atoms with van der Waals surface area (Å²) in [6, 6.07) is 3.56. The summed E-state index contributed by atoms with van der Waals surface area (Å²) in [5.74, 6) is -0.289. The van der Waals surface area contributed by atoms with Crippen LogP contribution in [0.3, 0.4) is 0 Å². The van der Waals surface area contributed by atoms with E-state index in [2.05, 4.69) is 0 Å². The minimum atomic E-state index is -0.429. The summed E-state index contributed by atoms with van der Waals surface area (Å²) in [5, 5.41) is 0. The standard InChI is InChI=1S/C10H13NO3/c1-10(6-13-7-10)14-9(12)8-4-3-5-11(8)2/h3-5H,6-7H2,1-2H3. The van der Waals surface area contributed by atoms with Crippen LogP contribution in [0.2, 0.25) is 0 Å². The molecule has 0 atom stereocenters. The minimum Gasteiger partial charge on any atom is -0.450 e. The molecule has 1 aromatic rings. The normalized spacial score (nSPS) is 18.7. The predicted molar refractivity (Wildman–Crippen MR) is 50.1 cm³/mol. The summed E-state index contributed by atoms with van der Waals surface area (Å²) in [6.07, 6.45) is 1.82. The first-order valence-corrected chi connectivity index (χ1v) is 4.53. The van der Waals surface area contributed by atoms with Crippen LogP contribution in [0.15, 0.2) is 18.3 Å². The number of aromatic nitrogens is 1. The number of rotatable bonds is 2. The number of ether oxygens (including phenoxy) is 2. The lowest BCUT2D eigenvalue weighted by atomic mass is 10.1. The number of carbonyl (C=O) groups is 1. The molecule has 0 unspecified atom stereocenters. The van der Waals surface area contributed by atoms with Crippen LogP contribution >= 0.6 is 0 Å². The molecule has 1 aromatic heterocycles. The Kier molecular flexibility index (Phi) is 2.07. The lowest BCUT2D eigenvalue weighted by molar-refractivity contribution is -0.169. The van der Waals surface area contributed by atoms with Crippen molar-refractivity contribution >= 4 is 5.97 Å². The third-order valence-corrected chi connectivity index (χ3v) is 2.31. The zero-order valence-corrected chi connectivity index (χ0v) is 8.32. The van der Waals surface area contributed by atoms with Crippen LogP contribution in [-0.4, -0.2) is 29.4 Å². The molecule has 14 heavy (non-hydrogen) atoms. The van der Waals surface area contributed by atoms with E-state index in [4.69, 9.17) is 9.47 Å². The minimum absolute atomic E-state index is 0.289. The average Bonchev–Trinajstić information content (AvgIpc) is 2.48. The average molecular weight is 195 g/mol. The molecule has 1 aliphatic rings. The first-order chi connectivity index (χ1) is 6.61. The Bertz CT molecular complexity index is 352. The van der Waals surface area contributed by atoms with Gasteiger partial charge in [-0.15, -0.1) is 0 Å². The molecule has 1 saturated heterocycles. The van der Waals surface area contributed by atoms with Gasteiger partial charge in [0.1, 0.15) is 5.69 Å².